The maximum atomic E-state index is 5.99. The minimum absolute atomic E-state index is 0.0555. The summed E-state index contributed by atoms with van der Waals surface area (Å²) in [6.07, 6.45) is 3.57. The average molecular weight is 340 g/mol. The van der Waals surface area contributed by atoms with E-state index in [-0.39, 0.29) is 6.10 Å². The van der Waals surface area contributed by atoms with Gasteiger partial charge < -0.3 is 14.6 Å². The van der Waals surface area contributed by atoms with Gasteiger partial charge in [-0.05, 0) is 26.0 Å². The second-order valence-electron chi connectivity index (χ2n) is 6.17. The Hall–Kier alpha value is -2.58. The van der Waals surface area contributed by atoms with Crippen molar-refractivity contribution in [2.75, 3.05) is 6.54 Å². The summed E-state index contributed by atoms with van der Waals surface area (Å²) in [4.78, 5) is 4.04. The van der Waals surface area contributed by atoms with Gasteiger partial charge in [0.15, 0.2) is 0 Å². The molecule has 0 saturated carbocycles. The van der Waals surface area contributed by atoms with E-state index >= 15 is 0 Å². The Balaban J connectivity index is 1.38. The van der Waals surface area contributed by atoms with E-state index in [0.717, 1.165) is 40.5 Å². The molecule has 8 nitrogen and oxygen atoms in total. The van der Waals surface area contributed by atoms with Crippen molar-refractivity contribution in [3.63, 3.8) is 0 Å². The van der Waals surface area contributed by atoms with Crippen molar-refractivity contribution in [3.05, 3.63) is 47.2 Å². The van der Waals surface area contributed by atoms with Crippen LogP contribution in [0.4, 0.5) is 0 Å². The number of aryl methyl sites for hydroxylation is 2. The molecule has 0 aromatic carbocycles. The fourth-order valence-corrected chi connectivity index (χ4v) is 3.03. The second-order valence-corrected chi connectivity index (χ2v) is 6.17. The van der Waals surface area contributed by atoms with E-state index in [2.05, 4.69) is 25.8 Å². The Morgan fingerprint density at radius 2 is 2.12 bits per heavy atom. The van der Waals surface area contributed by atoms with Crippen molar-refractivity contribution >= 4 is 0 Å². The Morgan fingerprint density at radius 1 is 1.28 bits per heavy atom. The van der Waals surface area contributed by atoms with Crippen molar-refractivity contribution in [2.45, 2.75) is 39.6 Å². The predicted octanol–water partition coefficient (Wildman–Crippen LogP) is 1.63. The number of pyridine rings is 1. The van der Waals surface area contributed by atoms with Gasteiger partial charge >= 0.3 is 0 Å². The zero-order valence-electron chi connectivity index (χ0n) is 14.3. The molecule has 1 N–H and O–H groups in total. The number of ether oxygens (including phenoxy) is 1. The molecule has 1 aliphatic rings. The van der Waals surface area contributed by atoms with Crippen LogP contribution in [0.1, 0.15) is 22.7 Å². The van der Waals surface area contributed by atoms with Crippen LogP contribution in [0.15, 0.2) is 29.0 Å². The third kappa shape index (κ3) is 3.18. The summed E-state index contributed by atoms with van der Waals surface area (Å²) in [6.45, 7) is 6.51. The van der Waals surface area contributed by atoms with Crippen LogP contribution in [0.25, 0.3) is 11.3 Å². The number of hydrogen-bond acceptors (Lipinski definition) is 7. The molecular formula is C17H20N6O2. The molecule has 0 unspecified atom stereocenters. The summed E-state index contributed by atoms with van der Waals surface area (Å²) in [5.74, 6) is 0.857. The van der Waals surface area contributed by atoms with Crippen LogP contribution in [-0.2, 0) is 24.4 Å². The van der Waals surface area contributed by atoms with Crippen LogP contribution >= 0.6 is 0 Å². The third-order valence-electron chi connectivity index (χ3n) is 4.48. The van der Waals surface area contributed by atoms with Gasteiger partial charge in [0.05, 0.1) is 30.6 Å². The Kier molecular flexibility index (Phi) is 4.29. The molecule has 0 spiro atoms. The zero-order chi connectivity index (χ0) is 17.2. The lowest BCUT2D eigenvalue weighted by atomic mass is 10.1. The van der Waals surface area contributed by atoms with Gasteiger partial charge in [0.2, 0.25) is 0 Å². The van der Waals surface area contributed by atoms with Crippen LogP contribution in [0, 0.1) is 13.8 Å². The number of fused-ring (bicyclic) bond motifs is 1. The minimum atomic E-state index is 0.0555. The molecule has 0 aliphatic carbocycles. The summed E-state index contributed by atoms with van der Waals surface area (Å²) < 4.78 is 13.1. The smallest absolute Gasteiger partial charge is 0.138 e. The first kappa shape index (κ1) is 15.9. The average Bonchev–Trinajstić information content (AvgIpc) is 3.20. The van der Waals surface area contributed by atoms with Crippen molar-refractivity contribution in [1.29, 1.82) is 0 Å². The third-order valence-corrected chi connectivity index (χ3v) is 4.48. The highest BCUT2D eigenvalue weighted by molar-refractivity contribution is 5.60. The van der Waals surface area contributed by atoms with Crippen LogP contribution in [0.5, 0.6) is 0 Å². The normalized spacial score (nSPS) is 16.8. The molecule has 1 atom stereocenters. The lowest BCUT2D eigenvalue weighted by Gasteiger charge is -2.24. The zero-order valence-corrected chi connectivity index (χ0v) is 14.3. The monoisotopic (exact) mass is 340 g/mol. The van der Waals surface area contributed by atoms with E-state index in [0.29, 0.717) is 19.7 Å². The number of aromatic nitrogens is 5. The molecule has 4 rings (SSSR count). The molecule has 130 valence electrons. The molecule has 0 saturated heterocycles. The van der Waals surface area contributed by atoms with Gasteiger partial charge in [-0.2, -0.15) is 0 Å². The molecule has 0 radical (unpaired) electrons. The van der Waals surface area contributed by atoms with E-state index in [4.69, 9.17) is 9.26 Å². The molecule has 0 amide bonds. The standard InChI is InChI=1S/C17H20N6O2/c1-11-15(12(2)25-21-11)8-19-7-14-9-23-16(10-24-14)17(20-22-23)13-3-5-18-6-4-13/h3-6,14,19H,7-10H2,1-2H3/t14-/m1/s1. The minimum Gasteiger partial charge on any atom is -0.369 e. The summed E-state index contributed by atoms with van der Waals surface area (Å²) in [7, 11) is 0. The number of nitrogens with one attached hydrogen (secondary N) is 1. The largest absolute Gasteiger partial charge is 0.369 e. The summed E-state index contributed by atoms with van der Waals surface area (Å²) >= 11 is 0. The highest BCUT2D eigenvalue weighted by atomic mass is 16.5. The Morgan fingerprint density at radius 3 is 2.88 bits per heavy atom. The first-order valence-corrected chi connectivity index (χ1v) is 8.29. The summed E-state index contributed by atoms with van der Waals surface area (Å²) in [5, 5.41) is 16.0. The molecule has 0 fully saturated rings. The molecule has 3 aromatic rings. The predicted molar refractivity (Wildman–Crippen MR) is 89.5 cm³/mol. The van der Waals surface area contributed by atoms with Crippen molar-refractivity contribution in [1.82, 2.24) is 30.5 Å². The maximum Gasteiger partial charge on any atom is 0.138 e. The fourth-order valence-electron chi connectivity index (χ4n) is 3.03. The van der Waals surface area contributed by atoms with Gasteiger partial charge in [-0.1, -0.05) is 10.4 Å². The van der Waals surface area contributed by atoms with Crippen LogP contribution in [-0.4, -0.2) is 37.8 Å². The van der Waals surface area contributed by atoms with Crippen molar-refractivity contribution in [3.8, 4) is 11.3 Å². The molecule has 3 aromatic heterocycles. The molecule has 0 bridgehead atoms. The van der Waals surface area contributed by atoms with E-state index in [1.165, 1.54) is 0 Å². The van der Waals surface area contributed by atoms with Gasteiger partial charge in [-0.25, -0.2) is 4.68 Å². The van der Waals surface area contributed by atoms with Crippen LogP contribution in [0.3, 0.4) is 0 Å². The highest BCUT2D eigenvalue weighted by Crippen LogP contribution is 2.24. The molecule has 8 heteroatoms. The fraction of sp³-hybridized carbons (Fsp3) is 0.412. The first-order chi connectivity index (χ1) is 12.2. The van der Waals surface area contributed by atoms with Crippen LogP contribution in [0.2, 0.25) is 0 Å². The first-order valence-electron chi connectivity index (χ1n) is 8.29. The summed E-state index contributed by atoms with van der Waals surface area (Å²) in [6, 6.07) is 3.87. The highest BCUT2D eigenvalue weighted by Gasteiger charge is 2.24. The Bertz CT molecular complexity index is 838. The van der Waals surface area contributed by atoms with E-state index in [9.17, 15) is 0 Å². The molecule has 1 aliphatic heterocycles. The number of rotatable bonds is 5. The maximum absolute atomic E-state index is 5.99. The topological polar surface area (TPSA) is 90.9 Å². The van der Waals surface area contributed by atoms with E-state index in [1.54, 1.807) is 12.4 Å². The Labute approximate surface area is 145 Å². The van der Waals surface area contributed by atoms with Gasteiger partial charge in [0.1, 0.15) is 11.5 Å². The lowest BCUT2D eigenvalue weighted by molar-refractivity contribution is 0.00123. The molecule has 25 heavy (non-hydrogen) atoms. The van der Waals surface area contributed by atoms with Gasteiger partial charge in [0.25, 0.3) is 0 Å². The number of nitrogens with zero attached hydrogens (tertiary/aromatic N) is 5. The van der Waals surface area contributed by atoms with Gasteiger partial charge in [-0.3, -0.25) is 4.98 Å². The molecular weight excluding hydrogens is 320 g/mol. The number of hydrogen-bond donors (Lipinski definition) is 1. The molecule has 4 heterocycles. The quantitative estimate of drug-likeness (QED) is 0.755. The van der Waals surface area contributed by atoms with Crippen molar-refractivity contribution < 1.29 is 9.26 Å². The van der Waals surface area contributed by atoms with E-state index in [1.807, 2.05) is 30.7 Å². The van der Waals surface area contributed by atoms with Gasteiger partial charge in [0, 0.05) is 36.6 Å². The van der Waals surface area contributed by atoms with E-state index < -0.39 is 0 Å². The summed E-state index contributed by atoms with van der Waals surface area (Å²) in [5.41, 5.74) is 4.92. The van der Waals surface area contributed by atoms with Crippen LogP contribution < -0.4 is 5.32 Å². The lowest BCUT2D eigenvalue weighted by Crippen LogP contribution is -2.36. The second kappa shape index (κ2) is 6.73. The van der Waals surface area contributed by atoms with Gasteiger partial charge in [-0.15, -0.1) is 5.10 Å². The SMILES string of the molecule is Cc1noc(C)c1CNC[C@@H]1Cn2nnc(-c3ccncc3)c2CO1. The van der Waals surface area contributed by atoms with Crippen molar-refractivity contribution in [2.24, 2.45) is 0 Å².